The maximum Gasteiger partial charge on any atom is 0.472 e. The number of aromatic nitrogens is 2. The van der Waals surface area contributed by atoms with E-state index in [-0.39, 0.29) is 36.2 Å². The number of thiocarbonyl (C=S) groups is 1. The maximum atomic E-state index is 12.9. The minimum absolute atomic E-state index is 0.0152. The molecule has 1 aromatic rings. The monoisotopic (exact) mass is 548 g/mol. The lowest BCUT2D eigenvalue weighted by atomic mass is 10.0. The number of carbonyl (C=O) groups is 1. The smallest absolute Gasteiger partial charge is 0.394 e. The highest BCUT2D eigenvalue weighted by Gasteiger charge is 2.47. The Morgan fingerprint density at radius 2 is 1.92 bits per heavy atom. The van der Waals surface area contributed by atoms with Gasteiger partial charge >= 0.3 is 19.5 Å². The minimum Gasteiger partial charge on any atom is -0.394 e. The van der Waals surface area contributed by atoms with E-state index in [4.69, 9.17) is 30.7 Å². The summed E-state index contributed by atoms with van der Waals surface area (Å²) in [6, 6.07) is -1.30. The zero-order valence-corrected chi connectivity index (χ0v) is 20.4. The summed E-state index contributed by atoms with van der Waals surface area (Å²) in [6.45, 7) is -1.11. The highest BCUT2D eigenvalue weighted by atomic mass is 32.1. The number of aromatic amines is 1. The third kappa shape index (κ3) is 4.92. The first kappa shape index (κ1) is 25.6. The zero-order chi connectivity index (χ0) is 25.8. The van der Waals surface area contributed by atoms with Crippen molar-refractivity contribution in [1.82, 2.24) is 19.8 Å². The topological polar surface area (TPSA) is 202 Å². The molecule has 0 radical (unpaired) electrons. The Hall–Kier alpha value is -2.01. The second-order valence-corrected chi connectivity index (χ2v) is 10.9. The molecule has 2 amide bonds. The van der Waals surface area contributed by atoms with E-state index in [0.717, 1.165) is 4.57 Å². The Morgan fingerprint density at radius 1 is 1.14 bits per heavy atom. The van der Waals surface area contributed by atoms with E-state index in [9.17, 15) is 34.1 Å². The maximum absolute atomic E-state index is 12.9. The molecule has 5 heterocycles. The van der Waals surface area contributed by atoms with Crippen molar-refractivity contribution in [2.75, 3.05) is 13.2 Å². The first-order chi connectivity index (χ1) is 17.0. The van der Waals surface area contributed by atoms with Crippen LogP contribution >= 0.6 is 20.0 Å². The Labute approximate surface area is 208 Å². The van der Waals surface area contributed by atoms with Gasteiger partial charge in [0.1, 0.15) is 30.8 Å². The molecule has 36 heavy (non-hydrogen) atoms. The van der Waals surface area contributed by atoms with Crippen molar-refractivity contribution in [3.8, 4) is 0 Å². The summed E-state index contributed by atoms with van der Waals surface area (Å²) in [6.07, 6.45) is -5.05. The molecular weight excluding hydrogens is 523 g/mol. The summed E-state index contributed by atoms with van der Waals surface area (Å²) in [4.78, 5) is 52.1. The highest BCUT2D eigenvalue weighted by molar-refractivity contribution is 7.80. The number of fused-ring (bicyclic) bond motifs is 9. The lowest BCUT2D eigenvalue weighted by Crippen LogP contribution is -2.59. The molecule has 3 fully saturated rings. The molecule has 5 rings (SSSR count). The van der Waals surface area contributed by atoms with E-state index in [0.29, 0.717) is 0 Å². The normalized spacial score (nSPS) is 39.1. The molecule has 5 N–H and O–H groups in total. The van der Waals surface area contributed by atoms with E-state index in [1.54, 1.807) is 0 Å². The molecule has 0 saturated carbocycles. The number of aliphatic hydroxyl groups excluding tert-OH is 2. The molecule has 6 bridgehead atoms. The molecule has 0 aromatic carbocycles. The number of H-pyrrole nitrogens is 1. The molecule has 1 unspecified atom stereocenters. The van der Waals surface area contributed by atoms with Gasteiger partial charge in [-0.15, -0.1) is 0 Å². The van der Waals surface area contributed by atoms with Crippen LogP contribution in [0, 0.1) is 0 Å². The lowest BCUT2D eigenvalue weighted by molar-refractivity contribution is -0.0759. The van der Waals surface area contributed by atoms with Gasteiger partial charge in [0.15, 0.2) is 0 Å². The summed E-state index contributed by atoms with van der Waals surface area (Å²) < 4.78 is 35.5. The van der Waals surface area contributed by atoms with E-state index >= 15 is 0 Å². The van der Waals surface area contributed by atoms with Gasteiger partial charge in [-0.25, -0.2) is 14.2 Å². The summed E-state index contributed by atoms with van der Waals surface area (Å²) in [5.74, 6) is 0. The number of urea groups is 1. The number of aliphatic hydroxyl groups is 2. The third-order valence-electron chi connectivity index (χ3n) is 6.65. The molecule has 4 aliphatic heterocycles. The van der Waals surface area contributed by atoms with Gasteiger partial charge in [-0.3, -0.25) is 28.3 Å². The first-order valence-corrected chi connectivity index (χ1v) is 13.2. The van der Waals surface area contributed by atoms with Crippen LogP contribution in [0.5, 0.6) is 0 Å². The number of carbonyl (C=O) groups excluding carboxylic acids is 1. The van der Waals surface area contributed by atoms with Crippen LogP contribution < -0.4 is 16.6 Å². The molecule has 3 saturated heterocycles. The molecule has 17 heteroatoms. The number of hydrogen-bond acceptors (Lipinski definition) is 11. The summed E-state index contributed by atoms with van der Waals surface area (Å²) in [7, 11) is -4.71. The molecule has 1 aromatic heterocycles. The predicted molar refractivity (Wildman–Crippen MR) is 122 cm³/mol. The van der Waals surface area contributed by atoms with Gasteiger partial charge in [0.25, 0.3) is 5.56 Å². The molecule has 0 spiro atoms. The number of phosphoric ester groups is 1. The van der Waals surface area contributed by atoms with Crippen LogP contribution in [0.2, 0.25) is 0 Å². The molecule has 8 atom stereocenters. The van der Waals surface area contributed by atoms with Crippen molar-refractivity contribution >= 4 is 31.1 Å². The quantitative estimate of drug-likeness (QED) is 0.200. The zero-order valence-electron chi connectivity index (χ0n) is 18.7. The second kappa shape index (κ2) is 9.70. The Morgan fingerprint density at radius 3 is 2.67 bits per heavy atom. The van der Waals surface area contributed by atoms with Gasteiger partial charge in [0.05, 0.1) is 24.3 Å². The Bertz CT molecular complexity index is 1220. The average molecular weight is 548 g/mol. The second-order valence-electron chi connectivity index (χ2n) is 9.03. The summed E-state index contributed by atoms with van der Waals surface area (Å²) >= 11 is 5.21. The van der Waals surface area contributed by atoms with Gasteiger partial charge in [0, 0.05) is 43.5 Å². The Balaban J connectivity index is 1.57. The first-order valence-electron chi connectivity index (χ1n) is 11.3. The van der Waals surface area contributed by atoms with E-state index < -0.39 is 81.2 Å². The van der Waals surface area contributed by atoms with Gasteiger partial charge in [-0.2, -0.15) is 0 Å². The fourth-order valence-corrected chi connectivity index (χ4v) is 6.18. The van der Waals surface area contributed by atoms with E-state index in [1.165, 1.54) is 11.1 Å². The lowest BCUT2D eigenvalue weighted by Gasteiger charge is -2.39. The summed E-state index contributed by atoms with van der Waals surface area (Å²) in [5, 5.41) is 22.7. The number of nitrogens with zero attached hydrogens (tertiary/aromatic N) is 2. The van der Waals surface area contributed by atoms with Crippen LogP contribution in [0.1, 0.15) is 31.1 Å². The molecule has 15 nitrogen and oxygen atoms in total. The van der Waals surface area contributed by atoms with Crippen LogP contribution in [-0.2, 0) is 29.5 Å². The number of hydrogen-bond donors (Lipinski definition) is 5. The number of phosphoric acid groups is 1. The fraction of sp³-hybridized carbons (Fsp3) is 0.684. The van der Waals surface area contributed by atoms with Crippen LogP contribution in [0.3, 0.4) is 0 Å². The van der Waals surface area contributed by atoms with Crippen molar-refractivity contribution in [3.63, 3.8) is 0 Å². The summed E-state index contributed by atoms with van der Waals surface area (Å²) in [5.41, 5.74) is -1.27. The number of amides is 2. The Kier molecular flexibility index (Phi) is 6.91. The van der Waals surface area contributed by atoms with Gasteiger partial charge in [-0.05, 0) is 0 Å². The van der Waals surface area contributed by atoms with Gasteiger partial charge in [0.2, 0.25) is 0 Å². The van der Waals surface area contributed by atoms with E-state index in [2.05, 4.69) is 10.3 Å². The molecule has 198 valence electrons. The standard InChI is InChI=1S/C19H25N4O11PS/c24-6-12-11-4-16(32-12)23-9(2-14(36)20-19(23)28)1-8-5-22(18(27)21-17(8)26)15-3-10(25)13(33-15)7-31-35(29,30)34-11/h5,9-13,15-16,24-25H,1-4,6-7H2,(H,29,30)(H,20,28,36)(H,21,26,27)/t9-,10+,11+,12-,13-,15-,16-/m1/s1. The van der Waals surface area contributed by atoms with Crippen molar-refractivity contribution in [3.05, 3.63) is 32.6 Å². The van der Waals surface area contributed by atoms with Crippen molar-refractivity contribution in [2.24, 2.45) is 0 Å². The number of nitrogens with one attached hydrogen (secondary N) is 2. The van der Waals surface area contributed by atoms with Crippen molar-refractivity contribution in [1.29, 1.82) is 0 Å². The average Bonchev–Trinajstić information content (AvgIpc) is 3.35. The largest absolute Gasteiger partial charge is 0.472 e. The van der Waals surface area contributed by atoms with E-state index in [1.807, 2.05) is 0 Å². The van der Waals surface area contributed by atoms with Crippen LogP contribution in [0.4, 0.5) is 4.79 Å². The SMILES string of the molecule is O=C1NC(=S)C[C@H]2Cc3cn(c(=O)[nH]c3=O)[C@H]3C[C@H](O)[C@@H](COP(=O)(O)O[C@H]4C[C@@H](O[C@@H]4CO)N12)O3. The minimum atomic E-state index is -4.71. The molecule has 0 aliphatic carbocycles. The third-order valence-corrected chi connectivity index (χ3v) is 7.93. The number of rotatable bonds is 1. The van der Waals surface area contributed by atoms with Crippen LogP contribution in [0.25, 0.3) is 0 Å². The molecule has 4 aliphatic rings. The van der Waals surface area contributed by atoms with Gasteiger partial charge < -0.3 is 29.9 Å². The molecular formula is C19H25N4O11PS. The van der Waals surface area contributed by atoms with Crippen molar-refractivity contribution < 1.29 is 43.0 Å². The van der Waals surface area contributed by atoms with Crippen LogP contribution in [0.15, 0.2) is 15.8 Å². The fourth-order valence-electron chi connectivity index (χ4n) is 4.94. The van der Waals surface area contributed by atoms with Crippen LogP contribution in [-0.4, -0.2) is 90.5 Å². The van der Waals surface area contributed by atoms with Gasteiger partial charge in [-0.1, -0.05) is 12.2 Å². The van der Waals surface area contributed by atoms with Crippen molar-refractivity contribution in [2.45, 2.75) is 68.6 Å². The predicted octanol–water partition coefficient (Wildman–Crippen LogP) is -1.54. The highest BCUT2D eigenvalue weighted by Crippen LogP contribution is 2.48. The number of ether oxygens (including phenoxy) is 2.